The summed E-state index contributed by atoms with van der Waals surface area (Å²) < 4.78 is 5.07. The third-order valence-electron chi connectivity index (χ3n) is 6.68. The zero-order valence-electron chi connectivity index (χ0n) is 19.3. The van der Waals surface area contributed by atoms with E-state index >= 15 is 0 Å². The van der Waals surface area contributed by atoms with Gasteiger partial charge in [-0.3, -0.25) is 18.8 Å². The van der Waals surface area contributed by atoms with Crippen LogP contribution in [-0.4, -0.2) is 53.2 Å². The highest BCUT2D eigenvalue weighted by Gasteiger charge is 2.22. The van der Waals surface area contributed by atoms with Crippen LogP contribution in [-0.2, 0) is 14.1 Å². The minimum atomic E-state index is -0.288. The van der Waals surface area contributed by atoms with Crippen molar-refractivity contribution in [2.24, 2.45) is 14.1 Å². The van der Waals surface area contributed by atoms with Crippen LogP contribution in [0.1, 0.15) is 12.1 Å². The third kappa shape index (κ3) is 3.12. The van der Waals surface area contributed by atoms with Gasteiger partial charge in [0.25, 0.3) is 0 Å². The van der Waals surface area contributed by atoms with E-state index in [0.717, 1.165) is 63.2 Å². The Labute approximate surface area is 195 Å². The summed E-state index contributed by atoms with van der Waals surface area (Å²) in [4.78, 5) is 24.6. The van der Waals surface area contributed by atoms with Gasteiger partial charge in [-0.05, 0) is 43.2 Å². The Morgan fingerprint density at radius 2 is 1.88 bits per heavy atom. The standard InChI is InChI=1S/C25H25N7O2/c1-15-22(14-29(2)28-15)32-24-19-10-16(4-6-20(19)26-12-21(24)30(3)25(32)34)17-5-7-23(27-11-17)31-9-8-18(33)13-31/h4-7,10-12,14,18,33H,8-9,13H2,1-3H3/t18-/m1/s1. The molecule has 6 rings (SSSR count). The molecule has 0 bridgehead atoms. The zero-order valence-corrected chi connectivity index (χ0v) is 19.3. The lowest BCUT2D eigenvalue weighted by Crippen LogP contribution is -2.21. The molecule has 0 radical (unpaired) electrons. The normalized spacial score (nSPS) is 16.2. The number of anilines is 1. The Morgan fingerprint density at radius 1 is 1.06 bits per heavy atom. The van der Waals surface area contributed by atoms with Crippen molar-refractivity contribution in [3.05, 3.63) is 65.1 Å². The van der Waals surface area contributed by atoms with Crippen molar-refractivity contribution in [3.8, 4) is 16.8 Å². The van der Waals surface area contributed by atoms with Crippen LogP contribution in [0.15, 0.2) is 53.7 Å². The summed E-state index contributed by atoms with van der Waals surface area (Å²) in [5, 5.41) is 15.1. The van der Waals surface area contributed by atoms with Crippen LogP contribution in [0.2, 0.25) is 0 Å². The molecule has 0 spiro atoms. The van der Waals surface area contributed by atoms with Gasteiger partial charge in [0.1, 0.15) is 5.82 Å². The maximum absolute atomic E-state index is 13.3. The Kier molecular flexibility index (Phi) is 4.56. The first-order chi connectivity index (χ1) is 16.4. The van der Waals surface area contributed by atoms with Gasteiger partial charge < -0.3 is 10.0 Å². The minimum absolute atomic E-state index is 0.135. The van der Waals surface area contributed by atoms with Gasteiger partial charge in [0.2, 0.25) is 0 Å². The van der Waals surface area contributed by atoms with Crippen LogP contribution in [0.5, 0.6) is 0 Å². The van der Waals surface area contributed by atoms with Crippen LogP contribution < -0.4 is 10.6 Å². The molecule has 5 heterocycles. The summed E-state index contributed by atoms with van der Waals surface area (Å²) in [6.45, 7) is 3.33. The predicted molar refractivity (Wildman–Crippen MR) is 131 cm³/mol. The largest absolute Gasteiger partial charge is 0.391 e. The highest BCUT2D eigenvalue weighted by molar-refractivity contribution is 6.04. The Morgan fingerprint density at radius 3 is 2.56 bits per heavy atom. The molecule has 1 aliphatic rings. The van der Waals surface area contributed by atoms with Gasteiger partial charge in [0.05, 0.1) is 40.2 Å². The second-order valence-corrected chi connectivity index (χ2v) is 8.97. The van der Waals surface area contributed by atoms with Crippen molar-refractivity contribution >= 4 is 27.8 Å². The fourth-order valence-electron chi connectivity index (χ4n) is 4.90. The van der Waals surface area contributed by atoms with E-state index in [1.54, 1.807) is 27.1 Å². The van der Waals surface area contributed by atoms with Crippen molar-refractivity contribution in [2.75, 3.05) is 18.0 Å². The summed E-state index contributed by atoms with van der Waals surface area (Å²) in [6, 6.07) is 10.1. The number of β-amino-alcohol motifs (C(OH)–C–C–N with tert-alkyl or cyclic N) is 1. The molecule has 9 nitrogen and oxygen atoms in total. The quantitative estimate of drug-likeness (QED) is 0.449. The molecule has 1 aromatic carbocycles. The molecule has 0 unspecified atom stereocenters. The molecule has 1 saturated heterocycles. The van der Waals surface area contributed by atoms with E-state index < -0.39 is 0 Å². The zero-order chi connectivity index (χ0) is 23.6. The van der Waals surface area contributed by atoms with Gasteiger partial charge in [0, 0.05) is 50.5 Å². The van der Waals surface area contributed by atoms with E-state index in [0.29, 0.717) is 6.54 Å². The van der Waals surface area contributed by atoms with Crippen LogP contribution in [0.3, 0.4) is 0 Å². The monoisotopic (exact) mass is 455 g/mol. The van der Waals surface area contributed by atoms with Crippen molar-refractivity contribution in [1.82, 2.24) is 28.9 Å². The Bertz CT molecular complexity index is 1610. The van der Waals surface area contributed by atoms with Gasteiger partial charge in [-0.2, -0.15) is 5.10 Å². The van der Waals surface area contributed by atoms with Gasteiger partial charge in [-0.25, -0.2) is 9.78 Å². The summed E-state index contributed by atoms with van der Waals surface area (Å²) in [7, 11) is 3.62. The van der Waals surface area contributed by atoms with Gasteiger partial charge in [-0.1, -0.05) is 6.07 Å². The second-order valence-electron chi connectivity index (χ2n) is 8.97. The lowest BCUT2D eigenvalue weighted by molar-refractivity contribution is 0.198. The first kappa shape index (κ1) is 20.6. The highest BCUT2D eigenvalue weighted by Crippen LogP contribution is 2.30. The van der Waals surface area contributed by atoms with E-state index in [2.05, 4.69) is 26.0 Å². The van der Waals surface area contributed by atoms with Crippen LogP contribution in [0.4, 0.5) is 5.82 Å². The average Bonchev–Trinajstić information content (AvgIpc) is 3.49. The van der Waals surface area contributed by atoms with Crippen molar-refractivity contribution in [1.29, 1.82) is 0 Å². The lowest BCUT2D eigenvalue weighted by atomic mass is 10.0. The Hall–Kier alpha value is -3.98. The van der Waals surface area contributed by atoms with Gasteiger partial charge >= 0.3 is 5.69 Å². The number of fused-ring (bicyclic) bond motifs is 3. The number of aliphatic hydroxyl groups excluding tert-OH is 1. The fraction of sp³-hybridized carbons (Fsp3) is 0.280. The number of aliphatic hydroxyl groups is 1. The van der Waals surface area contributed by atoms with Crippen LogP contribution in [0.25, 0.3) is 38.8 Å². The maximum atomic E-state index is 13.3. The lowest BCUT2D eigenvalue weighted by Gasteiger charge is -2.16. The topological polar surface area (TPSA) is 94.0 Å². The second kappa shape index (κ2) is 7.53. The number of aryl methyl sites for hydroxylation is 3. The van der Waals surface area contributed by atoms with Crippen molar-refractivity contribution < 1.29 is 5.11 Å². The van der Waals surface area contributed by atoms with E-state index in [1.165, 1.54) is 0 Å². The number of imidazole rings is 1. The molecule has 1 fully saturated rings. The van der Waals surface area contributed by atoms with Crippen LogP contribution >= 0.6 is 0 Å². The highest BCUT2D eigenvalue weighted by atomic mass is 16.3. The first-order valence-electron chi connectivity index (χ1n) is 11.3. The summed E-state index contributed by atoms with van der Waals surface area (Å²) in [5.74, 6) is 0.870. The van der Waals surface area contributed by atoms with Crippen LogP contribution in [0, 0.1) is 6.92 Å². The molecule has 9 heteroatoms. The molecule has 34 heavy (non-hydrogen) atoms. The third-order valence-corrected chi connectivity index (χ3v) is 6.68. The summed E-state index contributed by atoms with van der Waals surface area (Å²) in [5.41, 5.74) is 5.76. The molecular formula is C25H25N7O2. The SMILES string of the molecule is Cc1nn(C)cc1-n1c(=O)n(C)c2cnc3ccc(-c4ccc(N5CC[C@@H](O)C5)nc4)cc3c21. The number of hydrogen-bond acceptors (Lipinski definition) is 6. The van der Waals surface area contributed by atoms with Gasteiger partial charge in [0.15, 0.2) is 0 Å². The molecule has 0 aliphatic carbocycles. The molecule has 1 aliphatic heterocycles. The molecule has 172 valence electrons. The summed E-state index contributed by atoms with van der Waals surface area (Å²) >= 11 is 0. The van der Waals surface area contributed by atoms with E-state index in [9.17, 15) is 9.90 Å². The summed E-state index contributed by atoms with van der Waals surface area (Å²) in [6.07, 6.45) is 5.96. The first-order valence-corrected chi connectivity index (χ1v) is 11.3. The molecule has 1 atom stereocenters. The Balaban J connectivity index is 1.52. The molecule has 4 aromatic heterocycles. The number of rotatable bonds is 3. The van der Waals surface area contributed by atoms with E-state index in [-0.39, 0.29) is 11.8 Å². The van der Waals surface area contributed by atoms with Crippen molar-refractivity contribution in [3.63, 3.8) is 0 Å². The number of benzene rings is 1. The minimum Gasteiger partial charge on any atom is -0.391 e. The number of hydrogen-bond donors (Lipinski definition) is 1. The molecule has 0 saturated carbocycles. The average molecular weight is 456 g/mol. The number of aromatic nitrogens is 6. The molecule has 1 N–H and O–H groups in total. The number of pyridine rings is 2. The van der Waals surface area contributed by atoms with Gasteiger partial charge in [-0.15, -0.1) is 0 Å². The smallest absolute Gasteiger partial charge is 0.333 e. The van der Waals surface area contributed by atoms with Crippen molar-refractivity contribution in [2.45, 2.75) is 19.4 Å². The fourth-order valence-corrected chi connectivity index (χ4v) is 4.90. The van der Waals surface area contributed by atoms with E-state index in [1.807, 2.05) is 50.6 Å². The predicted octanol–water partition coefficient (Wildman–Crippen LogP) is 2.55. The number of nitrogens with zero attached hydrogens (tertiary/aromatic N) is 7. The molecular weight excluding hydrogens is 430 g/mol. The molecule has 0 amide bonds. The molecule has 5 aromatic rings. The maximum Gasteiger partial charge on any atom is 0.333 e. The van der Waals surface area contributed by atoms with E-state index in [4.69, 9.17) is 0 Å².